The molecule has 2 aromatic heterocycles. The van der Waals surface area contributed by atoms with Crippen LogP contribution in [0.15, 0.2) is 34.9 Å². The van der Waals surface area contributed by atoms with Crippen molar-refractivity contribution in [1.82, 2.24) is 14.7 Å². The first-order chi connectivity index (χ1) is 10.6. The van der Waals surface area contributed by atoms with Gasteiger partial charge in [-0.05, 0) is 25.4 Å². The van der Waals surface area contributed by atoms with Crippen molar-refractivity contribution in [2.24, 2.45) is 0 Å². The molecule has 0 radical (unpaired) electrons. The summed E-state index contributed by atoms with van der Waals surface area (Å²) in [4.78, 5) is 12.3. The molecule has 112 valence electrons. The number of rotatable bonds is 4. The van der Waals surface area contributed by atoms with E-state index in [1.807, 2.05) is 31.2 Å². The van der Waals surface area contributed by atoms with Crippen LogP contribution in [0.25, 0.3) is 11.3 Å². The Kier molecular flexibility index (Phi) is 3.97. The molecule has 6 nitrogen and oxygen atoms in total. The molecule has 0 fully saturated rings. The molecule has 3 aromatic rings. The van der Waals surface area contributed by atoms with Crippen LogP contribution in [0.1, 0.15) is 26.6 Å². The van der Waals surface area contributed by atoms with E-state index in [-0.39, 0.29) is 6.61 Å². The molecule has 0 aliphatic carbocycles. The molecule has 0 saturated heterocycles. The maximum atomic E-state index is 11.9. The van der Waals surface area contributed by atoms with E-state index in [2.05, 4.69) is 14.7 Å². The minimum absolute atomic E-state index is 0.0472. The summed E-state index contributed by atoms with van der Waals surface area (Å²) >= 11 is 1.02. The van der Waals surface area contributed by atoms with E-state index in [1.165, 1.54) is 5.56 Å². The lowest BCUT2D eigenvalue weighted by atomic mass is 10.1. The number of carbonyl (C=O) groups is 1. The average Bonchev–Trinajstić information content (AvgIpc) is 3.14. The van der Waals surface area contributed by atoms with Gasteiger partial charge in [-0.2, -0.15) is 0 Å². The fourth-order valence-electron chi connectivity index (χ4n) is 1.86. The smallest absolute Gasteiger partial charge is 0.352 e. The van der Waals surface area contributed by atoms with E-state index in [0.717, 1.165) is 17.1 Å². The third kappa shape index (κ3) is 3.04. The lowest BCUT2D eigenvalue weighted by Gasteiger charge is -1.99. The largest absolute Gasteiger partial charge is 0.455 e. The third-order valence-corrected chi connectivity index (χ3v) is 3.89. The molecule has 0 spiro atoms. The summed E-state index contributed by atoms with van der Waals surface area (Å²) in [5, 5.41) is 7.69. The van der Waals surface area contributed by atoms with Crippen LogP contribution in [0.4, 0.5) is 0 Å². The second-order valence-electron chi connectivity index (χ2n) is 4.81. The van der Waals surface area contributed by atoms with E-state index >= 15 is 0 Å². The molecule has 0 aliphatic rings. The zero-order valence-corrected chi connectivity index (χ0v) is 12.9. The van der Waals surface area contributed by atoms with E-state index in [9.17, 15) is 4.79 Å². The summed E-state index contributed by atoms with van der Waals surface area (Å²) in [6.07, 6.45) is 0. The Bertz CT molecular complexity index is 792. The molecular weight excluding hydrogens is 302 g/mol. The molecule has 3 rings (SSSR count). The number of esters is 1. The van der Waals surface area contributed by atoms with Gasteiger partial charge in [0.2, 0.25) is 0 Å². The maximum absolute atomic E-state index is 11.9. The van der Waals surface area contributed by atoms with Crippen molar-refractivity contribution in [1.29, 1.82) is 0 Å². The van der Waals surface area contributed by atoms with E-state index in [1.54, 1.807) is 13.0 Å². The molecule has 7 heteroatoms. The molecule has 0 N–H and O–H groups in total. The molecule has 0 unspecified atom stereocenters. The molecule has 22 heavy (non-hydrogen) atoms. The highest BCUT2D eigenvalue weighted by Crippen LogP contribution is 2.21. The van der Waals surface area contributed by atoms with Gasteiger partial charge in [0.15, 0.2) is 10.6 Å². The van der Waals surface area contributed by atoms with Crippen molar-refractivity contribution in [3.05, 3.63) is 52.2 Å². The summed E-state index contributed by atoms with van der Waals surface area (Å²) in [7, 11) is 0. The van der Waals surface area contributed by atoms with Gasteiger partial charge in [-0.1, -0.05) is 39.5 Å². The predicted molar refractivity (Wildman–Crippen MR) is 80.4 cm³/mol. The Hall–Kier alpha value is -2.54. The number of carbonyl (C=O) groups excluding carboxylic acids is 1. The average molecular weight is 315 g/mol. The van der Waals surface area contributed by atoms with Crippen molar-refractivity contribution in [2.45, 2.75) is 20.5 Å². The van der Waals surface area contributed by atoms with Gasteiger partial charge in [0.1, 0.15) is 12.3 Å². The van der Waals surface area contributed by atoms with E-state index in [4.69, 9.17) is 9.26 Å². The van der Waals surface area contributed by atoms with Crippen LogP contribution in [-0.4, -0.2) is 20.7 Å². The first-order valence-corrected chi connectivity index (χ1v) is 7.39. The van der Waals surface area contributed by atoms with Crippen LogP contribution in [0.5, 0.6) is 0 Å². The Morgan fingerprint density at radius 2 is 2.05 bits per heavy atom. The standard InChI is InChI=1S/C15H13N3O3S/c1-9-3-5-11(6-4-9)13-7-12(17-21-13)8-20-15(19)14-10(2)16-18-22-14/h3-7H,8H2,1-2H3. The highest BCUT2D eigenvalue weighted by Gasteiger charge is 2.16. The van der Waals surface area contributed by atoms with Crippen molar-refractivity contribution in [2.75, 3.05) is 0 Å². The summed E-state index contributed by atoms with van der Waals surface area (Å²) in [6, 6.07) is 9.67. The van der Waals surface area contributed by atoms with Crippen LogP contribution in [-0.2, 0) is 11.3 Å². The van der Waals surface area contributed by atoms with Crippen molar-refractivity contribution in [3.8, 4) is 11.3 Å². The van der Waals surface area contributed by atoms with Crippen LogP contribution < -0.4 is 0 Å². The van der Waals surface area contributed by atoms with Crippen LogP contribution >= 0.6 is 11.5 Å². The topological polar surface area (TPSA) is 78.1 Å². The van der Waals surface area contributed by atoms with Gasteiger partial charge in [-0.3, -0.25) is 0 Å². The monoisotopic (exact) mass is 315 g/mol. The first kappa shape index (κ1) is 14.4. The van der Waals surface area contributed by atoms with E-state index < -0.39 is 5.97 Å². The van der Waals surface area contributed by atoms with Crippen LogP contribution in [0, 0.1) is 13.8 Å². The summed E-state index contributed by atoms with van der Waals surface area (Å²) < 4.78 is 14.2. The quantitative estimate of drug-likeness (QED) is 0.688. The molecule has 0 aliphatic heterocycles. The first-order valence-electron chi connectivity index (χ1n) is 6.62. The maximum Gasteiger partial charge on any atom is 0.352 e. The zero-order chi connectivity index (χ0) is 15.5. The van der Waals surface area contributed by atoms with Crippen molar-refractivity contribution in [3.63, 3.8) is 0 Å². The molecule has 0 atom stereocenters. The van der Waals surface area contributed by atoms with Gasteiger partial charge in [0.25, 0.3) is 0 Å². The van der Waals surface area contributed by atoms with Gasteiger partial charge in [-0.15, -0.1) is 5.10 Å². The summed E-state index contributed by atoms with van der Waals surface area (Å²) in [5.74, 6) is 0.189. The van der Waals surface area contributed by atoms with E-state index in [0.29, 0.717) is 22.0 Å². The summed E-state index contributed by atoms with van der Waals surface area (Å²) in [6.45, 7) is 3.78. The molecular formula is C15H13N3O3S. The van der Waals surface area contributed by atoms with Gasteiger partial charge in [0, 0.05) is 11.6 Å². The SMILES string of the molecule is Cc1ccc(-c2cc(COC(=O)c3snnc3C)no2)cc1. The predicted octanol–water partition coefficient (Wildman–Crippen LogP) is 3.17. The normalized spacial score (nSPS) is 10.6. The molecule has 1 aromatic carbocycles. The molecule has 0 bridgehead atoms. The van der Waals surface area contributed by atoms with Gasteiger partial charge < -0.3 is 9.26 Å². The number of ether oxygens (including phenoxy) is 1. The number of benzene rings is 1. The van der Waals surface area contributed by atoms with Gasteiger partial charge in [-0.25, -0.2) is 4.79 Å². The number of hydrogen-bond donors (Lipinski definition) is 0. The fourth-order valence-corrected chi connectivity index (χ4v) is 2.41. The minimum Gasteiger partial charge on any atom is -0.455 e. The lowest BCUT2D eigenvalue weighted by Crippen LogP contribution is -2.05. The Balaban J connectivity index is 1.66. The number of aryl methyl sites for hydroxylation is 2. The number of nitrogens with zero attached hydrogens (tertiary/aromatic N) is 3. The van der Waals surface area contributed by atoms with Crippen LogP contribution in [0.3, 0.4) is 0 Å². The Morgan fingerprint density at radius 3 is 2.73 bits per heavy atom. The Labute approximate surface area is 130 Å². The zero-order valence-electron chi connectivity index (χ0n) is 12.1. The second-order valence-corrected chi connectivity index (χ2v) is 5.57. The van der Waals surface area contributed by atoms with Gasteiger partial charge in [0.05, 0.1) is 5.69 Å². The van der Waals surface area contributed by atoms with Crippen LogP contribution in [0.2, 0.25) is 0 Å². The fraction of sp³-hybridized carbons (Fsp3) is 0.200. The highest BCUT2D eigenvalue weighted by atomic mass is 32.1. The molecule has 2 heterocycles. The van der Waals surface area contributed by atoms with Crippen molar-refractivity contribution >= 4 is 17.5 Å². The van der Waals surface area contributed by atoms with Crippen molar-refractivity contribution < 1.29 is 14.1 Å². The summed E-state index contributed by atoms with van der Waals surface area (Å²) in [5.41, 5.74) is 3.22. The highest BCUT2D eigenvalue weighted by molar-refractivity contribution is 7.07. The molecule has 0 amide bonds. The number of aromatic nitrogens is 3. The molecule has 0 saturated carbocycles. The number of hydrogen-bond acceptors (Lipinski definition) is 7. The Morgan fingerprint density at radius 1 is 1.27 bits per heavy atom. The minimum atomic E-state index is -0.451. The second kappa shape index (κ2) is 6.07. The lowest BCUT2D eigenvalue weighted by molar-refractivity contribution is 0.0469. The third-order valence-electron chi connectivity index (χ3n) is 3.08. The van der Waals surface area contributed by atoms with Gasteiger partial charge >= 0.3 is 5.97 Å².